The van der Waals surface area contributed by atoms with E-state index in [0.29, 0.717) is 11.7 Å². The van der Waals surface area contributed by atoms with Crippen molar-refractivity contribution < 1.29 is 4.79 Å². The number of fused-ring (bicyclic) bond motifs is 1. The predicted octanol–water partition coefficient (Wildman–Crippen LogP) is 5.43. The average molecular weight is 405 g/mol. The molecule has 0 bridgehead atoms. The zero-order chi connectivity index (χ0) is 20.2. The Morgan fingerprint density at radius 3 is 2.55 bits per heavy atom. The Morgan fingerprint density at radius 1 is 1.03 bits per heavy atom. The molecule has 3 aromatic rings. The number of hydrogen-bond acceptors (Lipinski definition) is 3. The van der Waals surface area contributed by atoms with Gasteiger partial charge in [0.05, 0.1) is 16.3 Å². The van der Waals surface area contributed by atoms with Crippen LogP contribution in [0.4, 0.5) is 0 Å². The van der Waals surface area contributed by atoms with Crippen molar-refractivity contribution in [3.05, 3.63) is 71.3 Å². The number of thioether (sulfide) groups is 1. The van der Waals surface area contributed by atoms with Crippen LogP contribution < -0.4 is 0 Å². The van der Waals surface area contributed by atoms with E-state index in [1.54, 1.807) is 11.8 Å². The van der Waals surface area contributed by atoms with E-state index in [4.69, 9.17) is 4.98 Å². The Morgan fingerprint density at radius 2 is 1.79 bits per heavy atom. The van der Waals surface area contributed by atoms with E-state index in [1.807, 2.05) is 4.90 Å². The average Bonchev–Trinajstić information content (AvgIpc) is 2.74. The number of likely N-dealkylation sites (tertiary alicyclic amines) is 1. The number of benzene rings is 2. The first-order valence-corrected chi connectivity index (χ1v) is 11.4. The minimum atomic E-state index is 0.234. The van der Waals surface area contributed by atoms with Gasteiger partial charge in [-0.15, -0.1) is 0 Å². The molecule has 29 heavy (non-hydrogen) atoms. The summed E-state index contributed by atoms with van der Waals surface area (Å²) in [5.41, 5.74) is 4.85. The highest BCUT2D eigenvalue weighted by Crippen LogP contribution is 2.27. The van der Waals surface area contributed by atoms with Crippen LogP contribution in [0.1, 0.15) is 29.5 Å². The maximum absolute atomic E-state index is 12.7. The Bertz CT molecular complexity index is 994. The molecule has 0 N–H and O–H groups in total. The summed E-state index contributed by atoms with van der Waals surface area (Å²) in [6.07, 6.45) is 3.31. The number of nitrogens with zero attached hydrogens (tertiary/aromatic N) is 2. The van der Waals surface area contributed by atoms with Gasteiger partial charge >= 0.3 is 0 Å². The maximum atomic E-state index is 12.7. The zero-order valence-electron chi connectivity index (χ0n) is 17.2. The zero-order valence-corrected chi connectivity index (χ0v) is 18.0. The van der Waals surface area contributed by atoms with Crippen LogP contribution in [-0.2, 0) is 11.2 Å². The molecule has 0 unspecified atom stereocenters. The molecule has 0 saturated carbocycles. The number of amides is 1. The Hall–Kier alpha value is -2.33. The van der Waals surface area contributed by atoms with E-state index in [9.17, 15) is 4.79 Å². The summed E-state index contributed by atoms with van der Waals surface area (Å²) in [4.78, 5) is 19.6. The molecule has 4 heteroatoms. The third kappa shape index (κ3) is 4.81. The molecule has 3 nitrogen and oxygen atoms in total. The summed E-state index contributed by atoms with van der Waals surface area (Å²) in [5, 5.41) is 2.14. The van der Waals surface area contributed by atoms with E-state index in [2.05, 4.69) is 68.4 Å². The van der Waals surface area contributed by atoms with Gasteiger partial charge in [0.25, 0.3) is 0 Å². The van der Waals surface area contributed by atoms with Gasteiger partial charge in [0.2, 0.25) is 5.91 Å². The number of carbonyl (C=O) groups excluding carboxylic acids is 1. The van der Waals surface area contributed by atoms with Gasteiger partial charge in [0.15, 0.2) is 0 Å². The second-order valence-electron chi connectivity index (χ2n) is 8.05. The summed E-state index contributed by atoms with van der Waals surface area (Å²) in [7, 11) is 0. The lowest BCUT2D eigenvalue weighted by molar-refractivity contribution is -0.129. The van der Waals surface area contributed by atoms with Gasteiger partial charge in [0.1, 0.15) is 0 Å². The van der Waals surface area contributed by atoms with E-state index >= 15 is 0 Å². The van der Waals surface area contributed by atoms with Crippen LogP contribution in [0.25, 0.3) is 10.9 Å². The van der Waals surface area contributed by atoms with E-state index in [-0.39, 0.29) is 5.91 Å². The molecule has 1 saturated heterocycles. The predicted molar refractivity (Wildman–Crippen MR) is 121 cm³/mol. The molecular weight excluding hydrogens is 376 g/mol. The molecule has 0 spiro atoms. The normalized spacial score (nSPS) is 15.0. The molecule has 2 aromatic carbocycles. The minimum absolute atomic E-state index is 0.234. The lowest BCUT2D eigenvalue weighted by Gasteiger charge is -2.32. The molecular formula is C25H28N2OS. The summed E-state index contributed by atoms with van der Waals surface area (Å²) >= 11 is 1.56. The van der Waals surface area contributed by atoms with Crippen LogP contribution in [0.3, 0.4) is 0 Å². The smallest absolute Gasteiger partial charge is 0.232 e. The topological polar surface area (TPSA) is 33.2 Å². The van der Waals surface area contributed by atoms with Crippen molar-refractivity contribution >= 4 is 28.6 Å². The summed E-state index contributed by atoms with van der Waals surface area (Å²) in [5.74, 6) is 1.38. The fourth-order valence-electron chi connectivity index (χ4n) is 4.17. The van der Waals surface area contributed by atoms with Crippen LogP contribution in [-0.4, -0.2) is 34.6 Å². The van der Waals surface area contributed by atoms with Crippen LogP contribution in [0.2, 0.25) is 0 Å². The number of aryl methyl sites for hydroxylation is 2. The largest absolute Gasteiger partial charge is 0.342 e. The van der Waals surface area contributed by atoms with Gasteiger partial charge in [-0.2, -0.15) is 0 Å². The minimum Gasteiger partial charge on any atom is -0.342 e. The van der Waals surface area contributed by atoms with Crippen molar-refractivity contribution in [3.63, 3.8) is 0 Å². The van der Waals surface area contributed by atoms with Gasteiger partial charge in [-0.3, -0.25) is 4.79 Å². The Balaban J connectivity index is 1.31. The highest BCUT2D eigenvalue weighted by molar-refractivity contribution is 7.99. The van der Waals surface area contributed by atoms with Crippen LogP contribution in [0, 0.1) is 19.8 Å². The fraction of sp³-hybridized carbons (Fsp3) is 0.360. The van der Waals surface area contributed by atoms with Crippen LogP contribution >= 0.6 is 11.8 Å². The summed E-state index contributed by atoms with van der Waals surface area (Å²) < 4.78 is 0. The van der Waals surface area contributed by atoms with Crippen molar-refractivity contribution in [2.45, 2.75) is 38.1 Å². The molecule has 1 aliphatic heterocycles. The first-order valence-electron chi connectivity index (χ1n) is 10.4. The van der Waals surface area contributed by atoms with Crippen molar-refractivity contribution in [2.75, 3.05) is 18.8 Å². The number of rotatable bonds is 5. The monoisotopic (exact) mass is 404 g/mol. The van der Waals surface area contributed by atoms with Crippen molar-refractivity contribution in [1.82, 2.24) is 9.88 Å². The second-order valence-corrected chi connectivity index (χ2v) is 9.05. The Kier molecular flexibility index (Phi) is 6.19. The van der Waals surface area contributed by atoms with Crippen LogP contribution in [0.15, 0.2) is 59.6 Å². The maximum Gasteiger partial charge on any atom is 0.232 e. The molecule has 4 rings (SSSR count). The lowest BCUT2D eigenvalue weighted by Crippen LogP contribution is -2.39. The highest BCUT2D eigenvalue weighted by Gasteiger charge is 2.23. The quantitative estimate of drug-likeness (QED) is 0.532. The highest BCUT2D eigenvalue weighted by atomic mass is 32.2. The first-order chi connectivity index (χ1) is 14.1. The van der Waals surface area contributed by atoms with E-state index in [0.717, 1.165) is 42.9 Å². The molecule has 0 aliphatic carbocycles. The van der Waals surface area contributed by atoms with E-state index < -0.39 is 0 Å². The Labute approximate surface area is 177 Å². The summed E-state index contributed by atoms with van der Waals surface area (Å²) in [6, 6.07) is 19.1. The molecule has 1 amide bonds. The number of piperidine rings is 1. The van der Waals surface area contributed by atoms with E-state index in [1.165, 1.54) is 22.1 Å². The molecule has 1 aromatic heterocycles. The number of hydrogen-bond donors (Lipinski definition) is 0. The summed E-state index contributed by atoms with van der Waals surface area (Å²) in [6.45, 7) is 5.96. The standard InChI is InChI=1S/C25H28N2OS/c1-18-7-6-10-22-19(2)15-23(26-25(18)22)29-17-24(28)27-13-11-21(12-14-27)16-20-8-4-3-5-9-20/h3-10,15,21H,11-14,16-17H2,1-2H3. The fourth-order valence-corrected chi connectivity index (χ4v) is 5.04. The van der Waals surface area contributed by atoms with Crippen molar-refractivity contribution in [2.24, 2.45) is 5.92 Å². The third-order valence-corrected chi connectivity index (χ3v) is 6.80. The molecule has 1 fully saturated rings. The molecule has 1 aliphatic rings. The second kappa shape index (κ2) is 9.00. The van der Waals surface area contributed by atoms with Crippen LogP contribution in [0.5, 0.6) is 0 Å². The number of para-hydroxylation sites is 1. The molecule has 2 heterocycles. The number of aromatic nitrogens is 1. The van der Waals surface area contributed by atoms with Gasteiger partial charge in [-0.05, 0) is 61.8 Å². The molecule has 0 radical (unpaired) electrons. The van der Waals surface area contributed by atoms with Gasteiger partial charge in [0, 0.05) is 18.5 Å². The lowest BCUT2D eigenvalue weighted by atomic mass is 9.90. The molecule has 150 valence electrons. The molecule has 0 atom stereocenters. The van der Waals surface area contributed by atoms with Gasteiger partial charge < -0.3 is 4.90 Å². The number of carbonyl (C=O) groups is 1. The van der Waals surface area contributed by atoms with Gasteiger partial charge in [-0.25, -0.2) is 4.98 Å². The van der Waals surface area contributed by atoms with Crippen molar-refractivity contribution in [1.29, 1.82) is 0 Å². The number of pyridine rings is 1. The van der Waals surface area contributed by atoms with Crippen molar-refractivity contribution in [3.8, 4) is 0 Å². The SMILES string of the molecule is Cc1cc(SCC(=O)N2CCC(Cc3ccccc3)CC2)nc2c(C)cccc12. The first kappa shape index (κ1) is 20.0. The van der Waals surface area contributed by atoms with Gasteiger partial charge in [-0.1, -0.05) is 60.3 Å². The third-order valence-electron chi connectivity index (χ3n) is 5.90.